The molecular formula is C11H5Cl2F3N2O2S. The number of aromatic nitrogens is 1. The number of hydrogen-bond donors (Lipinski definition) is 1. The number of nitrogens with one attached hydrogen (secondary N) is 1. The van der Waals surface area contributed by atoms with E-state index >= 15 is 0 Å². The second-order valence-corrected chi connectivity index (χ2v) is 6.25. The van der Waals surface area contributed by atoms with Crippen LogP contribution in [-0.4, -0.2) is 13.4 Å². The van der Waals surface area contributed by atoms with E-state index in [2.05, 4.69) is 4.98 Å². The molecule has 0 spiro atoms. The summed E-state index contributed by atoms with van der Waals surface area (Å²) >= 11 is 11.2. The van der Waals surface area contributed by atoms with Crippen LogP contribution in [0.1, 0.15) is 0 Å². The summed E-state index contributed by atoms with van der Waals surface area (Å²) in [7, 11) is -4.34. The maximum absolute atomic E-state index is 13.4. The summed E-state index contributed by atoms with van der Waals surface area (Å²) in [5, 5.41) is -0.274. The van der Waals surface area contributed by atoms with Crippen molar-refractivity contribution in [1.29, 1.82) is 0 Å². The number of benzene rings is 1. The van der Waals surface area contributed by atoms with Gasteiger partial charge in [-0.25, -0.2) is 26.6 Å². The van der Waals surface area contributed by atoms with E-state index in [9.17, 15) is 21.6 Å². The largest absolute Gasteiger partial charge is 0.276 e. The van der Waals surface area contributed by atoms with E-state index in [1.165, 1.54) is 0 Å². The smallest absolute Gasteiger partial charge is 0.263 e. The Morgan fingerprint density at radius 2 is 1.76 bits per heavy atom. The highest BCUT2D eigenvalue weighted by atomic mass is 35.5. The van der Waals surface area contributed by atoms with Crippen molar-refractivity contribution in [3.8, 4) is 0 Å². The van der Waals surface area contributed by atoms with Gasteiger partial charge in [-0.15, -0.1) is 0 Å². The fraction of sp³-hybridized carbons (Fsp3) is 0. The molecule has 1 aromatic carbocycles. The van der Waals surface area contributed by atoms with Crippen LogP contribution in [0.15, 0.2) is 29.3 Å². The number of anilines is 1. The van der Waals surface area contributed by atoms with Crippen molar-refractivity contribution in [3.63, 3.8) is 0 Å². The Kier molecular flexibility index (Phi) is 4.31. The van der Waals surface area contributed by atoms with E-state index in [0.717, 1.165) is 12.3 Å². The summed E-state index contributed by atoms with van der Waals surface area (Å²) in [6.45, 7) is 0. The van der Waals surface area contributed by atoms with Crippen LogP contribution in [0.3, 0.4) is 0 Å². The number of rotatable bonds is 3. The zero-order chi connectivity index (χ0) is 15.8. The number of hydrogen-bond acceptors (Lipinski definition) is 3. The van der Waals surface area contributed by atoms with Crippen molar-refractivity contribution < 1.29 is 21.6 Å². The van der Waals surface area contributed by atoms with Crippen LogP contribution in [0.4, 0.5) is 18.9 Å². The van der Waals surface area contributed by atoms with E-state index < -0.39 is 38.1 Å². The third kappa shape index (κ3) is 3.39. The van der Waals surface area contributed by atoms with Crippen molar-refractivity contribution in [1.82, 2.24) is 4.98 Å². The summed E-state index contributed by atoms with van der Waals surface area (Å²) in [4.78, 5) is 3.07. The molecule has 0 aliphatic carbocycles. The van der Waals surface area contributed by atoms with Gasteiger partial charge in [0, 0.05) is 18.3 Å². The topological polar surface area (TPSA) is 59.1 Å². The fourth-order valence-electron chi connectivity index (χ4n) is 1.38. The molecule has 1 heterocycles. The maximum Gasteiger partial charge on any atom is 0.263 e. The molecule has 0 aliphatic heterocycles. The van der Waals surface area contributed by atoms with Crippen LogP contribution in [0.5, 0.6) is 0 Å². The van der Waals surface area contributed by atoms with Crippen LogP contribution in [-0.2, 0) is 10.0 Å². The first kappa shape index (κ1) is 15.9. The van der Waals surface area contributed by atoms with Gasteiger partial charge < -0.3 is 0 Å². The van der Waals surface area contributed by atoms with Crippen LogP contribution < -0.4 is 4.72 Å². The molecule has 2 aromatic rings. The van der Waals surface area contributed by atoms with Crippen molar-refractivity contribution in [2.24, 2.45) is 0 Å². The van der Waals surface area contributed by atoms with Gasteiger partial charge in [-0.3, -0.25) is 4.72 Å². The van der Waals surface area contributed by atoms with E-state index in [1.807, 2.05) is 0 Å². The molecule has 10 heteroatoms. The lowest BCUT2D eigenvalue weighted by atomic mass is 10.3. The standard InChI is InChI=1S/C11H5Cl2F3N2O2S/c12-7-3-6(4-17-11(7)13)21(19,20)18-9-2-5(14)1-8(15)10(9)16/h1-4,18H. The molecule has 1 aromatic heterocycles. The van der Waals surface area contributed by atoms with Gasteiger partial charge in [0.2, 0.25) is 0 Å². The zero-order valence-electron chi connectivity index (χ0n) is 9.87. The molecule has 0 aliphatic rings. The maximum atomic E-state index is 13.4. The molecule has 1 N–H and O–H groups in total. The Balaban J connectivity index is 2.44. The minimum Gasteiger partial charge on any atom is -0.276 e. The van der Waals surface area contributed by atoms with E-state index in [4.69, 9.17) is 23.2 Å². The highest BCUT2D eigenvalue weighted by molar-refractivity contribution is 7.92. The Morgan fingerprint density at radius 1 is 1.10 bits per heavy atom. The quantitative estimate of drug-likeness (QED) is 0.675. The van der Waals surface area contributed by atoms with Gasteiger partial charge in [0.15, 0.2) is 11.6 Å². The van der Waals surface area contributed by atoms with Gasteiger partial charge in [-0.2, -0.15) is 0 Å². The molecule has 0 saturated carbocycles. The van der Waals surface area contributed by atoms with Gasteiger partial charge in [0.05, 0.1) is 10.7 Å². The summed E-state index contributed by atoms with van der Waals surface area (Å²) in [6.07, 6.45) is 0.865. The number of halogens is 5. The van der Waals surface area contributed by atoms with E-state index in [-0.39, 0.29) is 16.2 Å². The van der Waals surface area contributed by atoms with Crippen molar-refractivity contribution in [2.75, 3.05) is 4.72 Å². The van der Waals surface area contributed by atoms with Crippen molar-refractivity contribution >= 4 is 38.9 Å². The normalized spacial score (nSPS) is 11.5. The number of nitrogens with zero attached hydrogens (tertiary/aromatic N) is 1. The fourth-order valence-corrected chi connectivity index (χ4v) is 2.74. The van der Waals surface area contributed by atoms with Gasteiger partial charge in [-0.05, 0) is 6.07 Å². The molecule has 0 fully saturated rings. The van der Waals surface area contributed by atoms with Crippen LogP contribution >= 0.6 is 23.2 Å². The minimum absolute atomic E-state index is 0.126. The molecule has 0 radical (unpaired) electrons. The summed E-state index contributed by atoms with van der Waals surface area (Å²) < 4.78 is 65.1. The molecule has 0 amide bonds. The van der Waals surface area contributed by atoms with Crippen LogP contribution in [0, 0.1) is 17.5 Å². The van der Waals surface area contributed by atoms with Gasteiger partial charge >= 0.3 is 0 Å². The molecule has 0 bridgehead atoms. The molecule has 0 atom stereocenters. The SMILES string of the molecule is O=S(=O)(Nc1cc(F)cc(F)c1F)c1cnc(Cl)c(Cl)c1. The third-order valence-corrected chi connectivity index (χ3v) is 4.34. The van der Waals surface area contributed by atoms with Gasteiger partial charge in [0.1, 0.15) is 15.9 Å². The lowest BCUT2D eigenvalue weighted by Crippen LogP contribution is -2.15. The summed E-state index contributed by atoms with van der Waals surface area (Å²) in [5.41, 5.74) is -0.876. The third-order valence-electron chi connectivity index (χ3n) is 2.32. The van der Waals surface area contributed by atoms with Gasteiger partial charge in [0.25, 0.3) is 10.0 Å². The number of pyridine rings is 1. The average Bonchev–Trinajstić information content (AvgIpc) is 2.38. The Morgan fingerprint density at radius 3 is 2.38 bits per heavy atom. The molecule has 0 unspecified atom stereocenters. The first-order valence-corrected chi connectivity index (χ1v) is 7.43. The average molecular weight is 357 g/mol. The second-order valence-electron chi connectivity index (χ2n) is 3.80. The second kappa shape index (κ2) is 5.70. The lowest BCUT2D eigenvalue weighted by Gasteiger charge is -2.09. The highest BCUT2D eigenvalue weighted by Gasteiger charge is 2.20. The Hall–Kier alpha value is -1.51. The van der Waals surface area contributed by atoms with Gasteiger partial charge in [-0.1, -0.05) is 23.2 Å². The summed E-state index contributed by atoms with van der Waals surface area (Å²) in [5.74, 6) is -4.20. The van der Waals surface area contributed by atoms with Crippen LogP contribution in [0.25, 0.3) is 0 Å². The predicted molar refractivity (Wildman–Crippen MR) is 71.4 cm³/mol. The minimum atomic E-state index is -4.34. The Labute approximate surface area is 127 Å². The molecule has 4 nitrogen and oxygen atoms in total. The molecule has 0 saturated heterocycles. The number of sulfonamides is 1. The summed E-state index contributed by atoms with van der Waals surface area (Å²) in [6, 6.07) is 1.75. The highest BCUT2D eigenvalue weighted by Crippen LogP contribution is 2.25. The van der Waals surface area contributed by atoms with Crippen molar-refractivity contribution in [3.05, 3.63) is 52.0 Å². The van der Waals surface area contributed by atoms with E-state index in [0.29, 0.717) is 6.07 Å². The molecular weight excluding hydrogens is 352 g/mol. The molecule has 21 heavy (non-hydrogen) atoms. The zero-order valence-corrected chi connectivity index (χ0v) is 12.2. The lowest BCUT2D eigenvalue weighted by molar-refractivity contribution is 0.498. The van der Waals surface area contributed by atoms with E-state index in [1.54, 1.807) is 4.72 Å². The first-order valence-electron chi connectivity index (χ1n) is 5.19. The monoisotopic (exact) mass is 356 g/mol. The molecule has 2 rings (SSSR count). The van der Waals surface area contributed by atoms with Crippen molar-refractivity contribution in [2.45, 2.75) is 4.90 Å². The molecule has 112 valence electrons. The first-order chi connectivity index (χ1) is 9.70. The predicted octanol–water partition coefficient (Wildman–Crippen LogP) is 3.61. The van der Waals surface area contributed by atoms with Crippen LogP contribution in [0.2, 0.25) is 10.2 Å². The Bertz CT molecular complexity index is 815.